The predicted molar refractivity (Wildman–Crippen MR) is 68.7 cm³/mol. The molecule has 0 aliphatic heterocycles. The zero-order valence-corrected chi connectivity index (χ0v) is 9.74. The van der Waals surface area contributed by atoms with Crippen LogP contribution in [-0.4, -0.2) is 4.92 Å². The molecule has 2 rings (SSSR count). The van der Waals surface area contributed by atoms with Gasteiger partial charge in [0.25, 0.3) is 0 Å². The van der Waals surface area contributed by atoms with E-state index in [0.717, 1.165) is 0 Å². The number of benzene rings is 2. The van der Waals surface area contributed by atoms with Crippen molar-refractivity contribution in [3.63, 3.8) is 0 Å². The number of nitro groups is 1. The number of nitrogens with two attached hydrogens (primary N) is 1. The molecule has 94 valence electrons. The van der Waals surface area contributed by atoms with Gasteiger partial charge in [0.1, 0.15) is 5.75 Å². The lowest BCUT2D eigenvalue weighted by atomic mass is 10.2. The van der Waals surface area contributed by atoms with E-state index in [4.69, 9.17) is 15.7 Å². The lowest BCUT2D eigenvalue weighted by Crippen LogP contribution is -1.94. The van der Waals surface area contributed by atoms with E-state index < -0.39 is 4.92 Å². The zero-order valence-electron chi connectivity index (χ0n) is 9.74. The van der Waals surface area contributed by atoms with Crippen LogP contribution >= 0.6 is 0 Å². The minimum Gasteiger partial charge on any atom is -0.450 e. The summed E-state index contributed by atoms with van der Waals surface area (Å²) in [5.41, 5.74) is 6.16. The van der Waals surface area contributed by atoms with E-state index in [-0.39, 0.29) is 17.0 Å². The number of nitro benzene ring substituents is 1. The number of nitriles is 1. The monoisotopic (exact) mass is 255 g/mol. The second-order valence-corrected chi connectivity index (χ2v) is 3.73. The van der Waals surface area contributed by atoms with Gasteiger partial charge in [-0.05, 0) is 18.2 Å². The molecule has 0 saturated carbocycles. The minimum absolute atomic E-state index is 0.00894. The number of hydrogen-bond donors (Lipinski definition) is 1. The Morgan fingerprint density at radius 1 is 1.26 bits per heavy atom. The summed E-state index contributed by atoms with van der Waals surface area (Å²) in [5.74, 6) is 0.382. The van der Waals surface area contributed by atoms with Crippen LogP contribution in [0.25, 0.3) is 0 Å². The largest absolute Gasteiger partial charge is 0.450 e. The topological polar surface area (TPSA) is 102 Å². The molecular formula is C13H9N3O3. The first-order chi connectivity index (χ1) is 9.10. The summed E-state index contributed by atoms with van der Waals surface area (Å²) < 4.78 is 5.42. The first kappa shape index (κ1) is 12.4. The quantitative estimate of drug-likeness (QED) is 0.516. The number of nitrogen functional groups attached to an aromatic ring is 1. The molecule has 2 N–H and O–H groups in total. The summed E-state index contributed by atoms with van der Waals surface area (Å²) >= 11 is 0. The molecule has 0 unspecified atom stereocenters. The Kier molecular flexibility index (Phi) is 3.30. The SMILES string of the molecule is N#Cc1ccc([N+](=O)[O-])c(Oc2cccc(N)c2)c1. The van der Waals surface area contributed by atoms with Crippen molar-refractivity contribution in [2.24, 2.45) is 0 Å². The minimum atomic E-state index is -0.567. The predicted octanol–water partition coefficient (Wildman–Crippen LogP) is 2.84. The van der Waals surface area contributed by atoms with E-state index in [2.05, 4.69) is 0 Å². The van der Waals surface area contributed by atoms with Crippen LogP contribution in [0.1, 0.15) is 5.56 Å². The molecule has 2 aromatic carbocycles. The van der Waals surface area contributed by atoms with Crippen LogP contribution in [0.3, 0.4) is 0 Å². The molecule has 0 aromatic heterocycles. The second-order valence-electron chi connectivity index (χ2n) is 3.73. The van der Waals surface area contributed by atoms with Crippen LogP contribution in [0, 0.1) is 21.4 Å². The summed E-state index contributed by atoms with van der Waals surface area (Å²) in [7, 11) is 0. The molecule has 6 nitrogen and oxygen atoms in total. The maximum absolute atomic E-state index is 10.9. The molecule has 0 fully saturated rings. The Bertz CT molecular complexity index is 677. The third-order valence-electron chi connectivity index (χ3n) is 2.37. The van der Waals surface area contributed by atoms with Gasteiger partial charge in [-0.2, -0.15) is 5.26 Å². The van der Waals surface area contributed by atoms with Gasteiger partial charge in [0.2, 0.25) is 5.75 Å². The fraction of sp³-hybridized carbons (Fsp3) is 0. The van der Waals surface area contributed by atoms with E-state index in [0.29, 0.717) is 11.4 Å². The van der Waals surface area contributed by atoms with Gasteiger partial charge in [-0.1, -0.05) is 6.07 Å². The molecular weight excluding hydrogens is 246 g/mol. The zero-order chi connectivity index (χ0) is 13.8. The van der Waals surface area contributed by atoms with E-state index in [9.17, 15) is 10.1 Å². The standard InChI is InChI=1S/C13H9N3O3/c14-8-9-4-5-12(16(17)18)13(6-9)19-11-3-1-2-10(15)7-11/h1-7H,15H2. The van der Waals surface area contributed by atoms with Crippen LogP contribution in [0.4, 0.5) is 11.4 Å². The number of nitrogens with zero attached hydrogens (tertiary/aromatic N) is 2. The first-order valence-electron chi connectivity index (χ1n) is 5.32. The Morgan fingerprint density at radius 2 is 2.05 bits per heavy atom. The maximum atomic E-state index is 10.9. The van der Waals surface area contributed by atoms with Crippen molar-refractivity contribution in [3.8, 4) is 17.6 Å². The highest BCUT2D eigenvalue weighted by molar-refractivity contribution is 5.54. The van der Waals surface area contributed by atoms with E-state index >= 15 is 0 Å². The highest BCUT2D eigenvalue weighted by atomic mass is 16.6. The van der Waals surface area contributed by atoms with Crippen molar-refractivity contribution in [2.45, 2.75) is 0 Å². The first-order valence-corrected chi connectivity index (χ1v) is 5.32. The van der Waals surface area contributed by atoms with Crippen LogP contribution in [0.15, 0.2) is 42.5 Å². The Balaban J connectivity index is 2.43. The number of anilines is 1. The normalized spacial score (nSPS) is 9.63. The van der Waals surface area contributed by atoms with E-state index in [1.165, 1.54) is 18.2 Å². The van der Waals surface area contributed by atoms with Gasteiger partial charge in [-0.25, -0.2) is 0 Å². The molecule has 0 bridgehead atoms. The third-order valence-corrected chi connectivity index (χ3v) is 2.37. The summed E-state index contributed by atoms with van der Waals surface area (Å²) in [6.45, 7) is 0. The average Bonchev–Trinajstić information content (AvgIpc) is 2.38. The molecule has 0 radical (unpaired) electrons. The fourth-order valence-electron chi connectivity index (χ4n) is 1.52. The van der Waals surface area contributed by atoms with Crippen molar-refractivity contribution >= 4 is 11.4 Å². The van der Waals surface area contributed by atoms with Gasteiger partial charge in [0, 0.05) is 23.9 Å². The van der Waals surface area contributed by atoms with Gasteiger partial charge >= 0.3 is 5.69 Å². The van der Waals surface area contributed by atoms with Crippen molar-refractivity contribution in [1.29, 1.82) is 5.26 Å². The number of ether oxygens (including phenoxy) is 1. The highest BCUT2D eigenvalue weighted by Crippen LogP contribution is 2.32. The molecule has 6 heteroatoms. The molecule has 19 heavy (non-hydrogen) atoms. The summed E-state index contributed by atoms with van der Waals surface area (Å²) in [6, 6.07) is 12.3. The Morgan fingerprint density at radius 3 is 2.68 bits per heavy atom. The molecule has 2 aromatic rings. The van der Waals surface area contributed by atoms with Crippen LogP contribution < -0.4 is 10.5 Å². The summed E-state index contributed by atoms with van der Waals surface area (Å²) in [4.78, 5) is 10.3. The Hall–Kier alpha value is -3.07. The molecule has 0 atom stereocenters. The molecule has 0 spiro atoms. The molecule has 0 aliphatic carbocycles. The molecule has 0 amide bonds. The summed E-state index contributed by atoms with van der Waals surface area (Å²) in [6.07, 6.45) is 0. The van der Waals surface area contributed by atoms with Crippen LogP contribution in [0.2, 0.25) is 0 Å². The van der Waals surface area contributed by atoms with Crippen LogP contribution in [-0.2, 0) is 0 Å². The third kappa shape index (κ3) is 2.79. The van der Waals surface area contributed by atoms with Gasteiger partial charge in [0.05, 0.1) is 16.6 Å². The van der Waals surface area contributed by atoms with Gasteiger partial charge in [-0.3, -0.25) is 10.1 Å². The van der Waals surface area contributed by atoms with Crippen molar-refractivity contribution < 1.29 is 9.66 Å². The molecule has 0 saturated heterocycles. The summed E-state index contributed by atoms with van der Waals surface area (Å²) in [5, 5.41) is 19.7. The fourth-order valence-corrected chi connectivity index (χ4v) is 1.52. The van der Waals surface area contributed by atoms with Gasteiger partial charge in [0.15, 0.2) is 0 Å². The Labute approximate surface area is 108 Å². The van der Waals surface area contributed by atoms with Crippen molar-refractivity contribution in [1.82, 2.24) is 0 Å². The van der Waals surface area contributed by atoms with Crippen molar-refractivity contribution in [2.75, 3.05) is 5.73 Å². The lowest BCUT2D eigenvalue weighted by molar-refractivity contribution is -0.385. The smallest absolute Gasteiger partial charge is 0.311 e. The average molecular weight is 255 g/mol. The molecule has 0 aliphatic rings. The molecule has 0 heterocycles. The van der Waals surface area contributed by atoms with E-state index in [1.54, 1.807) is 24.3 Å². The van der Waals surface area contributed by atoms with E-state index in [1.807, 2.05) is 6.07 Å². The van der Waals surface area contributed by atoms with Gasteiger partial charge < -0.3 is 10.5 Å². The van der Waals surface area contributed by atoms with Gasteiger partial charge in [-0.15, -0.1) is 0 Å². The highest BCUT2D eigenvalue weighted by Gasteiger charge is 2.16. The number of rotatable bonds is 3. The van der Waals surface area contributed by atoms with Crippen LogP contribution in [0.5, 0.6) is 11.5 Å². The lowest BCUT2D eigenvalue weighted by Gasteiger charge is -2.07. The maximum Gasteiger partial charge on any atom is 0.311 e. The van der Waals surface area contributed by atoms with Crippen molar-refractivity contribution in [3.05, 3.63) is 58.1 Å². The number of hydrogen-bond acceptors (Lipinski definition) is 5. The second kappa shape index (κ2) is 5.06.